The molecule has 0 fully saturated rings. The van der Waals surface area contributed by atoms with E-state index < -0.39 is 24.5 Å². The smallest absolute Gasteiger partial charge is 0.321 e. The molecule has 0 saturated heterocycles. The Morgan fingerprint density at radius 1 is 1.04 bits per heavy atom. The fraction of sp³-hybridized carbons (Fsp3) is 0.412. The predicted octanol–water partition coefficient (Wildman–Crippen LogP) is 1.60. The van der Waals surface area contributed by atoms with Crippen molar-refractivity contribution in [1.29, 1.82) is 0 Å². The summed E-state index contributed by atoms with van der Waals surface area (Å²) >= 11 is 0. The third-order valence-electron chi connectivity index (χ3n) is 3.22. The molecule has 130 valence electrons. The van der Waals surface area contributed by atoms with Crippen molar-refractivity contribution < 1.29 is 23.9 Å². The van der Waals surface area contributed by atoms with Gasteiger partial charge in [0.05, 0.1) is 6.42 Å². The lowest BCUT2D eigenvalue weighted by Gasteiger charge is -2.06. The van der Waals surface area contributed by atoms with Gasteiger partial charge in [0.1, 0.15) is 0 Å². The minimum absolute atomic E-state index is 0.00300. The first-order valence-corrected chi connectivity index (χ1v) is 7.75. The summed E-state index contributed by atoms with van der Waals surface area (Å²) in [4.78, 5) is 45.6. The van der Waals surface area contributed by atoms with E-state index in [2.05, 4.69) is 12.2 Å². The molecular formula is C17H22N2O5. The summed E-state index contributed by atoms with van der Waals surface area (Å²) in [5.41, 5.74) is 1.70. The highest BCUT2D eigenvalue weighted by Gasteiger charge is 2.13. The Kier molecular flexibility index (Phi) is 8.18. The zero-order valence-electron chi connectivity index (χ0n) is 13.9. The first-order chi connectivity index (χ1) is 11.5. The number of urea groups is 1. The van der Waals surface area contributed by atoms with Crippen molar-refractivity contribution >= 4 is 23.7 Å². The first-order valence-electron chi connectivity index (χ1n) is 7.75. The molecule has 7 nitrogen and oxygen atoms in total. The average molecular weight is 334 g/mol. The molecule has 0 aliphatic carbocycles. The molecule has 1 aromatic carbocycles. The molecule has 0 heterocycles. The maximum Gasteiger partial charge on any atom is 0.321 e. The topological polar surface area (TPSA) is 102 Å². The van der Waals surface area contributed by atoms with Crippen LogP contribution in [0, 0.1) is 0 Å². The van der Waals surface area contributed by atoms with Gasteiger partial charge in [0.15, 0.2) is 12.4 Å². The number of nitrogens with one attached hydrogen (secondary N) is 2. The summed E-state index contributed by atoms with van der Waals surface area (Å²) in [7, 11) is 1.36. The normalized spacial score (nSPS) is 9.92. The number of amides is 3. The third-order valence-corrected chi connectivity index (χ3v) is 3.22. The fourth-order valence-electron chi connectivity index (χ4n) is 1.95. The van der Waals surface area contributed by atoms with E-state index in [1.807, 2.05) is 17.4 Å². The maximum atomic E-state index is 12.0. The summed E-state index contributed by atoms with van der Waals surface area (Å²) < 4.78 is 4.70. The van der Waals surface area contributed by atoms with Gasteiger partial charge in [0.2, 0.25) is 0 Å². The van der Waals surface area contributed by atoms with E-state index in [1.54, 1.807) is 12.1 Å². The van der Waals surface area contributed by atoms with Crippen LogP contribution in [0.1, 0.15) is 42.1 Å². The zero-order chi connectivity index (χ0) is 17.9. The molecule has 0 aliphatic rings. The van der Waals surface area contributed by atoms with Gasteiger partial charge in [-0.25, -0.2) is 4.79 Å². The third kappa shape index (κ3) is 7.04. The molecular weight excluding hydrogens is 312 g/mol. The number of rotatable bonds is 8. The number of aryl methyl sites for hydroxylation is 1. The van der Waals surface area contributed by atoms with E-state index in [4.69, 9.17) is 4.74 Å². The van der Waals surface area contributed by atoms with E-state index in [1.165, 1.54) is 7.05 Å². The van der Waals surface area contributed by atoms with Gasteiger partial charge in [0.25, 0.3) is 5.91 Å². The highest BCUT2D eigenvalue weighted by atomic mass is 16.5. The van der Waals surface area contributed by atoms with Gasteiger partial charge in [-0.3, -0.25) is 19.7 Å². The molecule has 0 unspecified atom stereocenters. The highest BCUT2D eigenvalue weighted by Crippen LogP contribution is 2.10. The molecule has 0 saturated carbocycles. The SMILES string of the molecule is CCCc1ccc(C(=O)CCC(=O)OCC(=O)NC(=O)NC)cc1. The maximum absolute atomic E-state index is 12.0. The summed E-state index contributed by atoms with van der Waals surface area (Å²) in [6.45, 7) is 1.52. The molecule has 0 aliphatic heterocycles. The van der Waals surface area contributed by atoms with Crippen molar-refractivity contribution in [2.24, 2.45) is 0 Å². The Labute approximate surface area is 140 Å². The van der Waals surface area contributed by atoms with Gasteiger partial charge in [-0.1, -0.05) is 37.6 Å². The number of benzene rings is 1. The molecule has 3 amide bonds. The number of hydrogen-bond donors (Lipinski definition) is 2. The van der Waals surface area contributed by atoms with Crippen molar-refractivity contribution in [3.05, 3.63) is 35.4 Å². The van der Waals surface area contributed by atoms with Crippen LogP contribution in [0.5, 0.6) is 0 Å². The lowest BCUT2D eigenvalue weighted by molar-refractivity contribution is -0.148. The Balaban J connectivity index is 2.34. The summed E-state index contributed by atoms with van der Waals surface area (Å²) in [6.07, 6.45) is 1.87. The van der Waals surface area contributed by atoms with Crippen LogP contribution in [0.25, 0.3) is 0 Å². The van der Waals surface area contributed by atoms with Crippen LogP contribution in [0.3, 0.4) is 0 Å². The predicted molar refractivity (Wildman–Crippen MR) is 87.6 cm³/mol. The number of carbonyl (C=O) groups excluding carboxylic acids is 4. The number of ketones is 1. The van der Waals surface area contributed by atoms with Crippen molar-refractivity contribution in [3.63, 3.8) is 0 Å². The fourth-order valence-corrected chi connectivity index (χ4v) is 1.95. The Bertz CT molecular complexity index is 596. The monoisotopic (exact) mass is 334 g/mol. The molecule has 0 bridgehead atoms. The largest absolute Gasteiger partial charge is 0.456 e. The van der Waals surface area contributed by atoms with E-state index in [9.17, 15) is 19.2 Å². The van der Waals surface area contributed by atoms with Gasteiger partial charge in [-0.15, -0.1) is 0 Å². The number of Topliss-reactive ketones (excluding diaryl/α,β-unsaturated/α-hetero) is 1. The molecule has 0 radical (unpaired) electrons. The Morgan fingerprint density at radius 3 is 2.29 bits per heavy atom. The molecule has 0 spiro atoms. The van der Waals surface area contributed by atoms with Crippen LogP contribution in [0.4, 0.5) is 4.79 Å². The van der Waals surface area contributed by atoms with E-state index in [0.29, 0.717) is 5.56 Å². The van der Waals surface area contributed by atoms with Gasteiger partial charge in [0, 0.05) is 19.0 Å². The highest BCUT2D eigenvalue weighted by molar-refractivity contribution is 5.98. The summed E-state index contributed by atoms with van der Waals surface area (Å²) in [6, 6.07) is 6.61. The van der Waals surface area contributed by atoms with Crippen LogP contribution >= 0.6 is 0 Å². The molecule has 24 heavy (non-hydrogen) atoms. The molecule has 0 aromatic heterocycles. The van der Waals surface area contributed by atoms with Gasteiger partial charge >= 0.3 is 12.0 Å². The van der Waals surface area contributed by atoms with Crippen LogP contribution in [-0.2, 0) is 20.7 Å². The van der Waals surface area contributed by atoms with Crippen LogP contribution in [0.15, 0.2) is 24.3 Å². The molecule has 1 aromatic rings. The molecule has 2 N–H and O–H groups in total. The molecule has 0 atom stereocenters. The van der Waals surface area contributed by atoms with Crippen molar-refractivity contribution in [2.45, 2.75) is 32.6 Å². The number of hydrogen-bond acceptors (Lipinski definition) is 5. The van der Waals surface area contributed by atoms with Crippen LogP contribution < -0.4 is 10.6 Å². The second kappa shape index (κ2) is 10.1. The van der Waals surface area contributed by atoms with Gasteiger partial charge in [-0.2, -0.15) is 0 Å². The van der Waals surface area contributed by atoms with Crippen LogP contribution in [0.2, 0.25) is 0 Å². The second-order valence-electron chi connectivity index (χ2n) is 5.16. The number of imide groups is 1. The lowest BCUT2D eigenvalue weighted by Crippen LogP contribution is -2.39. The minimum atomic E-state index is -0.736. The quantitative estimate of drug-likeness (QED) is 0.555. The number of ether oxygens (including phenoxy) is 1. The Hall–Kier alpha value is -2.70. The van der Waals surface area contributed by atoms with E-state index >= 15 is 0 Å². The molecule has 7 heteroatoms. The Morgan fingerprint density at radius 2 is 1.71 bits per heavy atom. The van der Waals surface area contributed by atoms with Gasteiger partial charge < -0.3 is 10.1 Å². The summed E-state index contributed by atoms with van der Waals surface area (Å²) in [5.74, 6) is -1.57. The van der Waals surface area contributed by atoms with Crippen LogP contribution in [-0.4, -0.2) is 37.3 Å². The zero-order valence-corrected chi connectivity index (χ0v) is 13.9. The number of carbonyl (C=O) groups is 4. The van der Waals surface area contributed by atoms with E-state index in [0.717, 1.165) is 18.4 Å². The summed E-state index contributed by atoms with van der Waals surface area (Å²) in [5, 5.41) is 4.16. The first kappa shape index (κ1) is 19.3. The lowest BCUT2D eigenvalue weighted by atomic mass is 10.0. The average Bonchev–Trinajstić information content (AvgIpc) is 2.58. The minimum Gasteiger partial charge on any atom is -0.456 e. The van der Waals surface area contributed by atoms with E-state index in [-0.39, 0.29) is 18.6 Å². The number of esters is 1. The second-order valence-corrected chi connectivity index (χ2v) is 5.16. The van der Waals surface area contributed by atoms with Crippen molar-refractivity contribution in [1.82, 2.24) is 10.6 Å². The standard InChI is InChI=1S/C17H22N2O5/c1-3-4-12-5-7-13(8-6-12)14(20)9-10-16(22)24-11-15(21)19-17(23)18-2/h5-8H,3-4,9-11H2,1-2H3,(H2,18,19,21,23). The van der Waals surface area contributed by atoms with Crippen molar-refractivity contribution in [3.8, 4) is 0 Å². The van der Waals surface area contributed by atoms with Crippen molar-refractivity contribution in [2.75, 3.05) is 13.7 Å². The molecule has 1 rings (SSSR count). The van der Waals surface area contributed by atoms with Gasteiger partial charge in [-0.05, 0) is 12.0 Å².